The van der Waals surface area contributed by atoms with Gasteiger partial charge in [0.05, 0.1) is 5.75 Å². The summed E-state index contributed by atoms with van der Waals surface area (Å²) in [6.07, 6.45) is 3.87. The molecule has 2 aromatic carbocycles. The van der Waals surface area contributed by atoms with Crippen LogP contribution in [-0.2, 0) is 4.79 Å². The number of carbonyl (C=O) groups excluding carboxylic acids is 1. The van der Waals surface area contributed by atoms with Gasteiger partial charge < -0.3 is 5.32 Å². The van der Waals surface area contributed by atoms with Crippen LogP contribution in [0, 0.1) is 20.8 Å². The largest absolute Gasteiger partial charge is 0.325 e. The van der Waals surface area contributed by atoms with Crippen LogP contribution < -0.4 is 5.32 Å². The molecule has 152 valence electrons. The highest BCUT2D eigenvalue weighted by Crippen LogP contribution is 2.25. The minimum atomic E-state index is -0.0777. The molecule has 0 aliphatic carbocycles. The maximum atomic E-state index is 12.5. The minimum Gasteiger partial charge on any atom is -0.325 e. The maximum Gasteiger partial charge on any atom is 0.234 e. The summed E-state index contributed by atoms with van der Waals surface area (Å²) in [5.41, 5.74) is 5.17. The molecule has 0 spiro atoms. The molecular weight excluding hydrogens is 394 g/mol. The Morgan fingerprint density at radius 3 is 2.47 bits per heavy atom. The van der Waals surface area contributed by atoms with Crippen molar-refractivity contribution in [3.8, 4) is 11.4 Å². The van der Waals surface area contributed by atoms with Crippen LogP contribution in [-0.4, -0.2) is 31.2 Å². The quantitative estimate of drug-likeness (QED) is 0.461. The molecule has 30 heavy (non-hydrogen) atoms. The molecule has 1 amide bonds. The highest BCUT2D eigenvalue weighted by Gasteiger charge is 2.17. The maximum absolute atomic E-state index is 12.5. The van der Waals surface area contributed by atoms with Crippen LogP contribution in [0.1, 0.15) is 16.7 Å². The first-order chi connectivity index (χ1) is 14.5. The second kappa shape index (κ2) is 8.59. The topological polar surface area (TPSA) is 64.7 Å². The Hall–Kier alpha value is -3.32. The van der Waals surface area contributed by atoms with Crippen molar-refractivity contribution < 1.29 is 4.79 Å². The number of thioether (sulfide) groups is 1. The summed E-state index contributed by atoms with van der Waals surface area (Å²) in [5.74, 6) is 0.888. The predicted molar refractivity (Wildman–Crippen MR) is 121 cm³/mol. The number of anilines is 1. The van der Waals surface area contributed by atoms with Crippen LogP contribution >= 0.6 is 11.8 Å². The Balaban J connectivity index is 1.56. The van der Waals surface area contributed by atoms with Gasteiger partial charge in [0, 0.05) is 23.6 Å². The molecule has 7 heteroatoms. The van der Waals surface area contributed by atoms with E-state index in [1.165, 1.54) is 17.3 Å². The molecule has 0 fully saturated rings. The lowest BCUT2D eigenvalue weighted by molar-refractivity contribution is -0.113. The standard InChI is InChI=1S/C23H23N5OS/c1-16-7-6-8-19(14-16)22-25-26-23(28(22)27-11-4-5-12-27)30-15-21(29)24-20-10-9-17(2)13-18(20)3/h4-14H,15H2,1-3H3,(H,24,29). The molecular formula is C23H23N5OS. The fourth-order valence-corrected chi connectivity index (χ4v) is 3.99. The van der Waals surface area contributed by atoms with E-state index in [1.54, 1.807) is 0 Å². The molecule has 0 atom stereocenters. The number of aromatic nitrogens is 4. The van der Waals surface area contributed by atoms with E-state index >= 15 is 0 Å². The highest BCUT2D eigenvalue weighted by molar-refractivity contribution is 7.99. The van der Waals surface area contributed by atoms with Gasteiger partial charge in [0.2, 0.25) is 11.1 Å². The van der Waals surface area contributed by atoms with Crippen LogP contribution in [0.15, 0.2) is 72.1 Å². The van der Waals surface area contributed by atoms with Crippen molar-refractivity contribution in [1.29, 1.82) is 0 Å². The number of rotatable bonds is 6. The van der Waals surface area contributed by atoms with Gasteiger partial charge >= 0.3 is 0 Å². The van der Waals surface area contributed by atoms with Crippen molar-refractivity contribution >= 4 is 23.4 Å². The van der Waals surface area contributed by atoms with Crippen LogP contribution in [0.25, 0.3) is 11.4 Å². The minimum absolute atomic E-state index is 0.0777. The van der Waals surface area contributed by atoms with Crippen LogP contribution in [0.3, 0.4) is 0 Å². The van der Waals surface area contributed by atoms with Gasteiger partial charge in [-0.15, -0.1) is 10.2 Å². The molecule has 0 saturated heterocycles. The molecule has 2 aromatic heterocycles. The number of hydrogen-bond acceptors (Lipinski definition) is 4. The van der Waals surface area contributed by atoms with Gasteiger partial charge in [-0.25, -0.2) is 4.68 Å². The van der Waals surface area contributed by atoms with Gasteiger partial charge in [-0.05, 0) is 50.6 Å². The van der Waals surface area contributed by atoms with Crippen molar-refractivity contribution in [3.63, 3.8) is 0 Å². The second-order valence-electron chi connectivity index (χ2n) is 7.21. The zero-order valence-electron chi connectivity index (χ0n) is 17.2. The average Bonchev–Trinajstić information content (AvgIpc) is 3.38. The summed E-state index contributed by atoms with van der Waals surface area (Å²) < 4.78 is 3.84. The van der Waals surface area contributed by atoms with E-state index in [9.17, 15) is 4.79 Å². The third-order valence-corrected chi connectivity index (χ3v) is 5.62. The third kappa shape index (κ3) is 4.31. The van der Waals surface area contributed by atoms with E-state index in [1.807, 2.05) is 85.0 Å². The molecule has 0 unspecified atom stereocenters. The normalized spacial score (nSPS) is 10.9. The second-order valence-corrected chi connectivity index (χ2v) is 8.15. The average molecular weight is 418 g/mol. The Labute approximate surface area is 179 Å². The van der Waals surface area contributed by atoms with Crippen molar-refractivity contribution in [3.05, 3.63) is 83.7 Å². The molecule has 0 radical (unpaired) electrons. The molecule has 2 heterocycles. The van der Waals surface area contributed by atoms with E-state index in [2.05, 4.69) is 27.6 Å². The molecule has 6 nitrogen and oxygen atoms in total. The number of carbonyl (C=O) groups is 1. The summed E-state index contributed by atoms with van der Waals surface area (Å²) in [4.78, 5) is 12.5. The fraction of sp³-hybridized carbons (Fsp3) is 0.174. The Kier molecular flexibility index (Phi) is 5.72. The fourth-order valence-electron chi connectivity index (χ4n) is 3.26. The zero-order chi connectivity index (χ0) is 21.1. The van der Waals surface area contributed by atoms with E-state index in [-0.39, 0.29) is 11.7 Å². The van der Waals surface area contributed by atoms with Crippen LogP contribution in [0.2, 0.25) is 0 Å². The summed E-state index contributed by atoms with van der Waals surface area (Å²) in [5, 5.41) is 12.4. The lowest BCUT2D eigenvalue weighted by atomic mass is 10.1. The monoisotopic (exact) mass is 417 g/mol. The molecule has 4 rings (SSSR count). The molecule has 0 aliphatic rings. The summed E-state index contributed by atoms with van der Waals surface area (Å²) >= 11 is 1.36. The Morgan fingerprint density at radius 1 is 0.967 bits per heavy atom. The van der Waals surface area contributed by atoms with Gasteiger partial charge in [0.25, 0.3) is 0 Å². The van der Waals surface area contributed by atoms with Gasteiger partial charge in [0.15, 0.2) is 5.82 Å². The van der Waals surface area contributed by atoms with Crippen LogP contribution in [0.4, 0.5) is 5.69 Å². The van der Waals surface area contributed by atoms with E-state index in [0.29, 0.717) is 5.16 Å². The van der Waals surface area contributed by atoms with Crippen molar-refractivity contribution in [2.24, 2.45) is 0 Å². The van der Waals surface area contributed by atoms with Gasteiger partial charge in [-0.3, -0.25) is 9.47 Å². The van der Waals surface area contributed by atoms with E-state index < -0.39 is 0 Å². The van der Waals surface area contributed by atoms with E-state index in [0.717, 1.165) is 28.2 Å². The number of aryl methyl sites for hydroxylation is 3. The van der Waals surface area contributed by atoms with Gasteiger partial charge in [0.1, 0.15) is 0 Å². The molecule has 1 N–H and O–H groups in total. The van der Waals surface area contributed by atoms with E-state index in [4.69, 9.17) is 0 Å². The number of benzene rings is 2. The Morgan fingerprint density at radius 2 is 1.73 bits per heavy atom. The SMILES string of the molecule is Cc1cccc(-c2nnc(SCC(=O)Nc3ccc(C)cc3C)n2-n2cccc2)c1. The summed E-state index contributed by atoms with van der Waals surface area (Å²) in [7, 11) is 0. The molecule has 0 aliphatic heterocycles. The molecule has 4 aromatic rings. The smallest absolute Gasteiger partial charge is 0.234 e. The van der Waals surface area contributed by atoms with Gasteiger partial charge in [-0.2, -0.15) is 0 Å². The third-order valence-electron chi connectivity index (χ3n) is 4.70. The first-order valence-electron chi connectivity index (χ1n) is 9.67. The lowest BCUT2D eigenvalue weighted by Gasteiger charge is -2.12. The number of amides is 1. The van der Waals surface area contributed by atoms with Crippen molar-refractivity contribution in [2.45, 2.75) is 25.9 Å². The van der Waals surface area contributed by atoms with Gasteiger partial charge in [-0.1, -0.05) is 53.2 Å². The van der Waals surface area contributed by atoms with Crippen molar-refractivity contribution in [1.82, 2.24) is 19.5 Å². The summed E-state index contributed by atoms with van der Waals surface area (Å²) in [6.45, 7) is 6.08. The molecule has 0 bridgehead atoms. The highest BCUT2D eigenvalue weighted by atomic mass is 32.2. The Bertz CT molecular complexity index is 1180. The number of nitrogens with one attached hydrogen (secondary N) is 1. The number of hydrogen-bond donors (Lipinski definition) is 1. The van der Waals surface area contributed by atoms with Crippen LogP contribution in [0.5, 0.6) is 0 Å². The first kappa shape index (κ1) is 20.0. The number of nitrogens with zero attached hydrogens (tertiary/aromatic N) is 4. The molecule has 0 saturated carbocycles. The van der Waals surface area contributed by atoms with Crippen molar-refractivity contribution in [2.75, 3.05) is 11.1 Å². The lowest BCUT2D eigenvalue weighted by Crippen LogP contribution is -2.16. The summed E-state index contributed by atoms with van der Waals surface area (Å²) in [6, 6.07) is 18.0. The zero-order valence-corrected chi connectivity index (χ0v) is 18.0. The predicted octanol–water partition coefficient (Wildman–Crippen LogP) is 4.71. The first-order valence-corrected chi connectivity index (χ1v) is 10.7.